The van der Waals surface area contributed by atoms with Gasteiger partial charge in [0.2, 0.25) is 0 Å². The highest BCUT2D eigenvalue weighted by Gasteiger charge is 2.33. The molecule has 0 N–H and O–H groups in total. The Balaban J connectivity index is 1.42. The summed E-state index contributed by atoms with van der Waals surface area (Å²) in [6.45, 7) is 2.50. The average Bonchev–Trinajstić information content (AvgIpc) is 3.35. The van der Waals surface area contributed by atoms with E-state index in [0.717, 1.165) is 82.2 Å². The Morgan fingerprint density at radius 1 is 1.04 bits per heavy atom. The van der Waals surface area contributed by atoms with Crippen molar-refractivity contribution in [1.82, 2.24) is 15.0 Å². The summed E-state index contributed by atoms with van der Waals surface area (Å²) in [5.41, 5.74) is 1.46. The van der Waals surface area contributed by atoms with Crippen molar-refractivity contribution in [2.45, 2.75) is 63.8 Å². The van der Waals surface area contributed by atoms with Gasteiger partial charge in [0.05, 0.1) is 6.04 Å². The predicted octanol–water partition coefficient (Wildman–Crippen LogP) is 2.78. The van der Waals surface area contributed by atoms with E-state index in [-0.39, 0.29) is 24.6 Å². The molecule has 7 nitrogen and oxygen atoms in total. The van der Waals surface area contributed by atoms with Crippen molar-refractivity contribution < 1.29 is 18.8 Å². The van der Waals surface area contributed by atoms with Gasteiger partial charge in [-0.1, -0.05) is 5.16 Å². The number of rotatable bonds is 3. The number of likely N-dealkylation sites (tertiary alicyclic amines) is 2. The number of aromatic nitrogens is 1. The van der Waals surface area contributed by atoms with Gasteiger partial charge in [-0.15, -0.1) is 0 Å². The van der Waals surface area contributed by atoms with Crippen molar-refractivity contribution in [3.8, 4) is 0 Å². The van der Waals surface area contributed by atoms with Crippen LogP contribution in [0.25, 0.3) is 0 Å². The quantitative estimate of drug-likeness (QED) is 0.827. The number of piperidine rings is 1. The fraction of sp³-hybridized carbons (Fsp3) is 0.737. The summed E-state index contributed by atoms with van der Waals surface area (Å²) in [6.07, 6.45) is 8.61. The van der Waals surface area contributed by atoms with Crippen molar-refractivity contribution in [2.75, 3.05) is 26.2 Å². The third-order valence-corrected chi connectivity index (χ3v) is 5.80. The van der Waals surface area contributed by atoms with Gasteiger partial charge in [0.25, 0.3) is 5.91 Å². The van der Waals surface area contributed by atoms with E-state index in [4.69, 9.17) is 9.26 Å². The summed E-state index contributed by atoms with van der Waals surface area (Å²) in [7, 11) is 0. The van der Waals surface area contributed by atoms with Crippen LogP contribution in [0.15, 0.2) is 4.52 Å². The number of ether oxygens (including phenoxy) is 1. The molecule has 0 aromatic carbocycles. The van der Waals surface area contributed by atoms with E-state index in [2.05, 4.69) is 5.16 Å². The number of hydrogen-bond acceptors (Lipinski definition) is 5. The van der Waals surface area contributed by atoms with Crippen LogP contribution in [0.4, 0.5) is 4.79 Å². The van der Waals surface area contributed by atoms with Gasteiger partial charge in [0, 0.05) is 31.6 Å². The predicted molar refractivity (Wildman–Crippen MR) is 94.0 cm³/mol. The third kappa shape index (κ3) is 3.44. The maximum Gasteiger partial charge on any atom is 0.409 e. The molecule has 2 saturated heterocycles. The largest absolute Gasteiger partial charge is 0.447 e. The normalized spacial score (nSPS) is 23.0. The number of hydrogen-bond donors (Lipinski definition) is 0. The number of carbonyl (C=O) groups excluding carboxylic acids is 2. The van der Waals surface area contributed by atoms with Crippen LogP contribution in [0.3, 0.4) is 0 Å². The highest BCUT2D eigenvalue weighted by Crippen LogP contribution is 2.27. The molecular formula is C19H27N3O4. The first-order chi connectivity index (χ1) is 12.7. The first kappa shape index (κ1) is 17.4. The Morgan fingerprint density at radius 2 is 1.81 bits per heavy atom. The van der Waals surface area contributed by atoms with E-state index < -0.39 is 0 Å². The van der Waals surface area contributed by atoms with Gasteiger partial charge in [-0.3, -0.25) is 4.79 Å². The van der Waals surface area contributed by atoms with Gasteiger partial charge in [-0.05, 0) is 51.4 Å². The van der Waals surface area contributed by atoms with Gasteiger partial charge in [-0.2, -0.15) is 0 Å². The molecule has 1 unspecified atom stereocenters. The molecule has 2 aliphatic heterocycles. The average molecular weight is 361 g/mol. The minimum absolute atomic E-state index is 0.0705. The molecule has 2 fully saturated rings. The van der Waals surface area contributed by atoms with Crippen LogP contribution >= 0.6 is 0 Å². The molecule has 7 heteroatoms. The van der Waals surface area contributed by atoms with Crippen LogP contribution in [0.2, 0.25) is 0 Å². The second kappa shape index (κ2) is 7.68. The molecule has 0 saturated carbocycles. The number of amides is 2. The highest BCUT2D eigenvalue weighted by atomic mass is 16.6. The van der Waals surface area contributed by atoms with Crippen molar-refractivity contribution in [1.29, 1.82) is 0 Å². The summed E-state index contributed by atoms with van der Waals surface area (Å²) in [6, 6.07) is -0.0706. The van der Waals surface area contributed by atoms with Crippen LogP contribution in [0.1, 0.15) is 66.8 Å². The Kier molecular flexibility index (Phi) is 5.13. The minimum atomic E-state index is -0.251. The van der Waals surface area contributed by atoms with E-state index >= 15 is 0 Å². The van der Waals surface area contributed by atoms with E-state index in [9.17, 15) is 9.59 Å². The molecule has 1 atom stereocenters. The molecule has 0 spiro atoms. The number of aryl methyl sites for hydroxylation is 1. The third-order valence-electron chi connectivity index (χ3n) is 5.80. The first-order valence-electron chi connectivity index (χ1n) is 9.94. The van der Waals surface area contributed by atoms with Gasteiger partial charge >= 0.3 is 6.09 Å². The molecule has 3 heterocycles. The van der Waals surface area contributed by atoms with Crippen molar-refractivity contribution >= 4 is 12.0 Å². The fourth-order valence-corrected chi connectivity index (χ4v) is 4.29. The zero-order valence-corrected chi connectivity index (χ0v) is 15.2. The summed E-state index contributed by atoms with van der Waals surface area (Å²) >= 11 is 0. The Labute approximate surface area is 153 Å². The Hall–Kier alpha value is -2.05. The van der Waals surface area contributed by atoms with Crippen molar-refractivity contribution in [3.05, 3.63) is 17.0 Å². The maximum atomic E-state index is 13.1. The van der Waals surface area contributed by atoms with Crippen molar-refractivity contribution in [2.24, 2.45) is 0 Å². The van der Waals surface area contributed by atoms with Gasteiger partial charge in [-0.25, -0.2) is 4.79 Å². The summed E-state index contributed by atoms with van der Waals surface area (Å²) < 4.78 is 10.9. The zero-order chi connectivity index (χ0) is 17.9. The van der Waals surface area contributed by atoms with Crippen LogP contribution in [-0.4, -0.2) is 59.2 Å². The minimum Gasteiger partial charge on any atom is -0.447 e. The van der Waals surface area contributed by atoms with Gasteiger partial charge in [0.1, 0.15) is 12.4 Å². The number of fused-ring (bicyclic) bond motifs is 1. The zero-order valence-electron chi connectivity index (χ0n) is 15.2. The molecular weight excluding hydrogens is 334 g/mol. The maximum absolute atomic E-state index is 13.1. The highest BCUT2D eigenvalue weighted by molar-refractivity contribution is 5.94. The van der Waals surface area contributed by atoms with E-state index in [1.807, 2.05) is 4.90 Å². The van der Waals surface area contributed by atoms with E-state index in [1.165, 1.54) is 0 Å². The van der Waals surface area contributed by atoms with Gasteiger partial charge in [0.15, 0.2) is 5.69 Å². The monoisotopic (exact) mass is 361 g/mol. The molecule has 2 amide bonds. The smallest absolute Gasteiger partial charge is 0.409 e. The summed E-state index contributed by atoms with van der Waals surface area (Å²) in [4.78, 5) is 28.8. The second-order valence-corrected chi connectivity index (χ2v) is 7.56. The van der Waals surface area contributed by atoms with Crippen LogP contribution in [-0.2, 0) is 17.6 Å². The van der Waals surface area contributed by atoms with Crippen molar-refractivity contribution in [3.63, 3.8) is 0 Å². The molecule has 4 rings (SSSR count). The fourth-order valence-electron chi connectivity index (χ4n) is 4.29. The summed E-state index contributed by atoms with van der Waals surface area (Å²) in [5.74, 6) is 0.799. The molecule has 1 aliphatic carbocycles. The molecule has 1 aromatic rings. The standard InChI is InChI=1S/C19H27N3O4/c23-18(17-15-8-1-2-9-16(15)26-20-17)22-12-4-3-7-14(22)13-25-19(24)21-10-5-6-11-21/h14H,1-13H2. The molecule has 0 radical (unpaired) electrons. The summed E-state index contributed by atoms with van der Waals surface area (Å²) in [5, 5.41) is 4.08. The molecule has 0 bridgehead atoms. The van der Waals surface area contributed by atoms with E-state index in [0.29, 0.717) is 12.2 Å². The molecule has 3 aliphatic rings. The Bertz CT molecular complexity index is 666. The second-order valence-electron chi connectivity index (χ2n) is 7.56. The van der Waals surface area contributed by atoms with Gasteiger partial charge < -0.3 is 19.1 Å². The van der Waals surface area contributed by atoms with Crippen LogP contribution < -0.4 is 0 Å². The lowest BCUT2D eigenvalue weighted by Gasteiger charge is -2.35. The van der Waals surface area contributed by atoms with E-state index in [1.54, 1.807) is 4.90 Å². The topological polar surface area (TPSA) is 75.9 Å². The number of nitrogens with zero attached hydrogens (tertiary/aromatic N) is 3. The number of carbonyl (C=O) groups is 2. The first-order valence-corrected chi connectivity index (χ1v) is 9.94. The lowest BCUT2D eigenvalue weighted by molar-refractivity contribution is 0.0384. The lowest BCUT2D eigenvalue weighted by atomic mass is 9.95. The molecule has 1 aromatic heterocycles. The Morgan fingerprint density at radius 3 is 2.65 bits per heavy atom. The van der Waals surface area contributed by atoms with Crippen LogP contribution in [0.5, 0.6) is 0 Å². The van der Waals surface area contributed by atoms with Crippen LogP contribution in [0, 0.1) is 0 Å². The molecule has 142 valence electrons. The molecule has 26 heavy (non-hydrogen) atoms. The SMILES string of the molecule is O=C(OCC1CCCCN1C(=O)c1noc2c1CCCC2)N1CCCC1. The lowest BCUT2D eigenvalue weighted by Crippen LogP contribution is -2.47.